The summed E-state index contributed by atoms with van der Waals surface area (Å²) in [5.41, 5.74) is 9.93. The standard InChI is InChI=1S/C44H38N4O/c1-5-15-29(7-3)43-45-37(31-17-11-9-12-18-31)27-39(47-43)33-21-23-41-35(25-33)36-26-34(22-24-42(36)49-41)40-28-38(32-19-13-10-14-20-32)46-44(48-40)30(8-4)16-6-2/h5-28,37,40H,1,3H2,2,4H3,(H,45,47)(H,46,48)/b16-6-,29-15+,30-8+. The summed E-state index contributed by atoms with van der Waals surface area (Å²) in [6, 6.07) is 33.1. The first-order valence-corrected chi connectivity index (χ1v) is 16.5. The van der Waals surface area contributed by atoms with Crippen LogP contribution in [0.1, 0.15) is 48.2 Å². The number of allylic oxidation sites excluding steroid dienone is 4. The molecule has 4 aromatic carbocycles. The third kappa shape index (κ3) is 6.39. The number of hydrogen-bond donors (Lipinski definition) is 2. The normalized spacial score (nSPS) is 18.3. The summed E-state index contributed by atoms with van der Waals surface area (Å²) in [6.07, 6.45) is 16.1. The van der Waals surface area contributed by atoms with Gasteiger partial charge in [-0.05, 0) is 78.6 Å². The van der Waals surface area contributed by atoms with Gasteiger partial charge in [0.05, 0.1) is 12.1 Å². The highest BCUT2D eigenvalue weighted by Gasteiger charge is 2.22. The molecular formula is C44H38N4O. The topological polar surface area (TPSA) is 61.9 Å². The molecule has 2 atom stereocenters. The van der Waals surface area contributed by atoms with Gasteiger partial charge in [0.25, 0.3) is 0 Å². The number of rotatable bonds is 9. The molecule has 0 spiro atoms. The number of aliphatic imine (C=N–C) groups is 2. The predicted octanol–water partition coefficient (Wildman–Crippen LogP) is 10.6. The summed E-state index contributed by atoms with van der Waals surface area (Å²) in [4.78, 5) is 10.2. The van der Waals surface area contributed by atoms with Crippen molar-refractivity contribution in [3.63, 3.8) is 0 Å². The van der Waals surface area contributed by atoms with E-state index in [0.29, 0.717) is 0 Å². The van der Waals surface area contributed by atoms with Crippen LogP contribution in [0.15, 0.2) is 184 Å². The van der Waals surface area contributed by atoms with Gasteiger partial charge in [-0.25, -0.2) is 0 Å². The Labute approximate surface area is 287 Å². The Bertz CT molecular complexity index is 2280. The van der Waals surface area contributed by atoms with Crippen molar-refractivity contribution < 1.29 is 4.42 Å². The Morgan fingerprint density at radius 3 is 1.94 bits per heavy atom. The number of nitrogens with one attached hydrogen (secondary N) is 2. The highest BCUT2D eigenvalue weighted by atomic mass is 16.3. The summed E-state index contributed by atoms with van der Waals surface area (Å²) >= 11 is 0. The second kappa shape index (κ2) is 13.9. The van der Waals surface area contributed by atoms with Crippen LogP contribution >= 0.6 is 0 Å². The molecule has 2 aliphatic heterocycles. The van der Waals surface area contributed by atoms with Crippen molar-refractivity contribution in [1.82, 2.24) is 10.6 Å². The van der Waals surface area contributed by atoms with Crippen LogP contribution in [-0.2, 0) is 0 Å². The van der Waals surface area contributed by atoms with Crippen molar-refractivity contribution in [1.29, 1.82) is 0 Å². The quantitative estimate of drug-likeness (QED) is 0.158. The molecule has 0 fully saturated rings. The van der Waals surface area contributed by atoms with E-state index in [1.165, 1.54) is 0 Å². The summed E-state index contributed by atoms with van der Waals surface area (Å²) in [5, 5.41) is 9.24. The molecule has 3 heterocycles. The summed E-state index contributed by atoms with van der Waals surface area (Å²) in [7, 11) is 0. The molecule has 0 amide bonds. The summed E-state index contributed by atoms with van der Waals surface area (Å²) in [6.45, 7) is 12.0. The van der Waals surface area contributed by atoms with Gasteiger partial charge in [-0.2, -0.15) is 0 Å². The van der Waals surface area contributed by atoms with Crippen LogP contribution in [-0.4, -0.2) is 11.7 Å². The highest BCUT2D eigenvalue weighted by Crippen LogP contribution is 2.36. The third-order valence-electron chi connectivity index (χ3n) is 8.78. The van der Waals surface area contributed by atoms with E-state index in [4.69, 9.17) is 14.4 Å². The molecule has 0 saturated carbocycles. The number of benzene rings is 4. The van der Waals surface area contributed by atoms with Crippen LogP contribution in [0.2, 0.25) is 0 Å². The summed E-state index contributed by atoms with van der Waals surface area (Å²) in [5.74, 6) is 1.59. The molecule has 7 rings (SSSR count). The van der Waals surface area contributed by atoms with E-state index in [-0.39, 0.29) is 12.1 Å². The molecule has 0 aliphatic carbocycles. The molecule has 2 N–H and O–H groups in total. The van der Waals surface area contributed by atoms with Crippen molar-refractivity contribution in [2.45, 2.75) is 25.9 Å². The third-order valence-corrected chi connectivity index (χ3v) is 8.78. The zero-order valence-corrected chi connectivity index (χ0v) is 27.7. The maximum atomic E-state index is 6.36. The van der Waals surface area contributed by atoms with Crippen molar-refractivity contribution in [3.8, 4) is 0 Å². The zero-order chi connectivity index (χ0) is 33.7. The van der Waals surface area contributed by atoms with Crippen LogP contribution in [0.3, 0.4) is 0 Å². The van der Waals surface area contributed by atoms with Crippen molar-refractivity contribution in [2.75, 3.05) is 0 Å². The lowest BCUT2D eigenvalue weighted by atomic mass is 9.97. The predicted molar refractivity (Wildman–Crippen MR) is 206 cm³/mol. The molecule has 0 saturated heterocycles. The Kier molecular flexibility index (Phi) is 8.90. The fraction of sp³-hybridized carbons (Fsp3) is 0.0909. The van der Waals surface area contributed by atoms with E-state index >= 15 is 0 Å². The minimum Gasteiger partial charge on any atom is -0.456 e. The van der Waals surface area contributed by atoms with E-state index in [9.17, 15) is 0 Å². The molecule has 240 valence electrons. The second-order valence-electron chi connectivity index (χ2n) is 11.9. The van der Waals surface area contributed by atoms with E-state index in [0.717, 1.165) is 78.4 Å². The Morgan fingerprint density at radius 1 is 0.673 bits per heavy atom. The van der Waals surface area contributed by atoms with E-state index < -0.39 is 0 Å². The van der Waals surface area contributed by atoms with Gasteiger partial charge in [-0.15, -0.1) is 0 Å². The molecule has 5 nitrogen and oxygen atoms in total. The fourth-order valence-electron chi connectivity index (χ4n) is 6.32. The van der Waals surface area contributed by atoms with Gasteiger partial charge in [0, 0.05) is 33.3 Å². The lowest BCUT2D eigenvalue weighted by Gasteiger charge is -2.24. The van der Waals surface area contributed by atoms with E-state index in [2.05, 4.69) is 115 Å². The Hall–Kier alpha value is -6.20. The number of fused-ring (bicyclic) bond motifs is 3. The average molecular weight is 639 g/mol. The van der Waals surface area contributed by atoms with Crippen LogP contribution < -0.4 is 10.6 Å². The van der Waals surface area contributed by atoms with Gasteiger partial charge in [0.1, 0.15) is 22.8 Å². The van der Waals surface area contributed by atoms with Gasteiger partial charge in [0.15, 0.2) is 0 Å². The second-order valence-corrected chi connectivity index (χ2v) is 11.9. The largest absolute Gasteiger partial charge is 0.456 e. The smallest absolute Gasteiger partial charge is 0.135 e. The van der Waals surface area contributed by atoms with E-state index in [1.807, 2.05) is 56.3 Å². The number of nitrogens with zero attached hydrogens (tertiary/aromatic N) is 2. The first kappa shape index (κ1) is 31.4. The van der Waals surface area contributed by atoms with Gasteiger partial charge < -0.3 is 15.1 Å². The van der Waals surface area contributed by atoms with Crippen LogP contribution in [0.4, 0.5) is 0 Å². The van der Waals surface area contributed by atoms with Gasteiger partial charge >= 0.3 is 0 Å². The molecule has 5 heteroatoms. The minimum atomic E-state index is -0.189. The molecule has 1 aromatic heterocycles. The monoisotopic (exact) mass is 638 g/mol. The van der Waals surface area contributed by atoms with Crippen molar-refractivity contribution >= 4 is 45.0 Å². The number of hydrogen-bond acceptors (Lipinski definition) is 5. The van der Waals surface area contributed by atoms with Gasteiger partial charge in [-0.3, -0.25) is 9.98 Å². The Balaban J connectivity index is 1.32. The Morgan fingerprint density at radius 2 is 1.29 bits per heavy atom. The molecule has 0 bridgehead atoms. The number of amidine groups is 2. The molecule has 5 aromatic rings. The van der Waals surface area contributed by atoms with Crippen molar-refractivity contribution in [2.24, 2.45) is 9.98 Å². The molecule has 2 aliphatic rings. The zero-order valence-electron chi connectivity index (χ0n) is 27.7. The first-order valence-electron chi connectivity index (χ1n) is 16.5. The SMILES string of the molecule is C=C/C=C(\C=C)C1=NC(c2ccccc2)C=C(c2ccc3oc4ccc(C5C=C(c6ccccc6)NC(C(/C=C\C)=C/C)=N5)cc4c3c2)N1. The lowest BCUT2D eigenvalue weighted by Crippen LogP contribution is -2.28. The molecule has 49 heavy (non-hydrogen) atoms. The fourth-order valence-corrected chi connectivity index (χ4v) is 6.32. The number of furan rings is 1. The molecule has 2 unspecified atom stereocenters. The van der Waals surface area contributed by atoms with Crippen molar-refractivity contribution in [3.05, 3.63) is 192 Å². The first-order chi connectivity index (χ1) is 24.1. The maximum absolute atomic E-state index is 6.36. The maximum Gasteiger partial charge on any atom is 0.135 e. The van der Waals surface area contributed by atoms with Gasteiger partial charge in [0.2, 0.25) is 0 Å². The molecular weight excluding hydrogens is 601 g/mol. The average Bonchev–Trinajstić information content (AvgIpc) is 3.53. The molecule has 0 radical (unpaired) electrons. The lowest BCUT2D eigenvalue weighted by molar-refractivity contribution is 0.668. The van der Waals surface area contributed by atoms with E-state index in [1.54, 1.807) is 12.2 Å². The van der Waals surface area contributed by atoms with Crippen LogP contribution in [0, 0.1) is 0 Å². The summed E-state index contributed by atoms with van der Waals surface area (Å²) < 4.78 is 6.36. The van der Waals surface area contributed by atoms with Gasteiger partial charge in [-0.1, -0.05) is 116 Å². The minimum absolute atomic E-state index is 0.161. The van der Waals surface area contributed by atoms with Crippen LogP contribution in [0.25, 0.3) is 33.3 Å². The highest BCUT2D eigenvalue weighted by molar-refractivity contribution is 6.09. The van der Waals surface area contributed by atoms with Crippen LogP contribution in [0.5, 0.6) is 0 Å².